The van der Waals surface area contributed by atoms with E-state index in [4.69, 9.17) is 9.47 Å². The molecule has 2 fully saturated rings. The maximum Gasteiger partial charge on any atom is 0.315 e. The van der Waals surface area contributed by atoms with Crippen LogP contribution >= 0.6 is 0 Å². The average Bonchev–Trinajstić information content (AvgIpc) is 2.86. The fraction of sp³-hybridized carbons (Fsp3) is 0.696. The number of morpholine rings is 2. The lowest BCUT2D eigenvalue weighted by atomic mass is 9.92. The molecule has 10 heteroatoms. The van der Waals surface area contributed by atoms with E-state index < -0.39 is 10.0 Å². The van der Waals surface area contributed by atoms with E-state index in [1.807, 2.05) is 0 Å². The molecule has 9 nitrogen and oxygen atoms in total. The van der Waals surface area contributed by atoms with Crippen LogP contribution in [0.25, 0.3) is 0 Å². The number of amides is 2. The van der Waals surface area contributed by atoms with Crippen LogP contribution in [0.3, 0.4) is 0 Å². The van der Waals surface area contributed by atoms with Gasteiger partial charge in [-0.1, -0.05) is 44.9 Å². The Bertz CT molecular complexity index is 850. The summed E-state index contributed by atoms with van der Waals surface area (Å²) in [5.74, 6) is 0.489. The van der Waals surface area contributed by atoms with Gasteiger partial charge in [-0.25, -0.2) is 13.2 Å². The van der Waals surface area contributed by atoms with Crippen molar-refractivity contribution in [2.45, 2.75) is 44.2 Å². The number of carbonyl (C=O) groups is 1. The molecule has 0 aromatic heterocycles. The smallest absolute Gasteiger partial charge is 0.315 e. The SMILES string of the molecule is CCC(CC)[C@@H](CNC(=O)NCc1ccccc1S(=O)(=O)N1CCOCC1)N1CCOCC1. The van der Waals surface area contributed by atoms with E-state index in [9.17, 15) is 13.2 Å². The molecule has 0 spiro atoms. The summed E-state index contributed by atoms with van der Waals surface area (Å²) in [5, 5.41) is 5.86. The number of ether oxygens (including phenoxy) is 2. The fourth-order valence-electron chi connectivity index (χ4n) is 4.60. The van der Waals surface area contributed by atoms with E-state index in [1.54, 1.807) is 24.3 Å². The van der Waals surface area contributed by atoms with Gasteiger partial charge in [0.2, 0.25) is 10.0 Å². The molecule has 2 saturated heterocycles. The Morgan fingerprint density at radius 3 is 2.21 bits per heavy atom. The second kappa shape index (κ2) is 12.7. The number of urea groups is 1. The summed E-state index contributed by atoms with van der Waals surface area (Å²) in [4.78, 5) is 15.3. The topological polar surface area (TPSA) is 100 Å². The lowest BCUT2D eigenvalue weighted by Crippen LogP contribution is -2.53. The van der Waals surface area contributed by atoms with Crippen LogP contribution in [0.1, 0.15) is 32.3 Å². The van der Waals surface area contributed by atoms with Gasteiger partial charge in [-0.3, -0.25) is 4.90 Å². The minimum absolute atomic E-state index is 0.138. The molecule has 3 rings (SSSR count). The number of rotatable bonds is 10. The number of sulfonamides is 1. The maximum absolute atomic E-state index is 13.1. The van der Waals surface area contributed by atoms with E-state index in [1.165, 1.54) is 4.31 Å². The summed E-state index contributed by atoms with van der Waals surface area (Å²) in [6.07, 6.45) is 2.10. The highest BCUT2D eigenvalue weighted by molar-refractivity contribution is 7.89. The van der Waals surface area contributed by atoms with Gasteiger partial charge in [0.05, 0.1) is 31.3 Å². The first-order valence-corrected chi connectivity index (χ1v) is 13.4. The first-order valence-electron chi connectivity index (χ1n) is 12.0. The van der Waals surface area contributed by atoms with Crippen molar-refractivity contribution >= 4 is 16.1 Å². The highest BCUT2D eigenvalue weighted by atomic mass is 32.2. The number of hydrogen-bond acceptors (Lipinski definition) is 6. The molecule has 186 valence electrons. The lowest BCUT2D eigenvalue weighted by molar-refractivity contribution is 0.00237. The summed E-state index contributed by atoms with van der Waals surface area (Å²) >= 11 is 0. The highest BCUT2D eigenvalue weighted by Crippen LogP contribution is 2.22. The third kappa shape index (κ3) is 6.89. The average molecular weight is 483 g/mol. The number of hydrogen-bond donors (Lipinski definition) is 2. The predicted octanol–water partition coefficient (Wildman–Crippen LogP) is 1.64. The molecule has 2 heterocycles. The van der Waals surface area contributed by atoms with Crippen LogP contribution in [-0.4, -0.2) is 88.8 Å². The summed E-state index contributed by atoms with van der Waals surface area (Å²) in [5.41, 5.74) is 0.573. The molecule has 0 bridgehead atoms. The van der Waals surface area contributed by atoms with Crippen molar-refractivity contribution in [2.75, 3.05) is 59.2 Å². The fourth-order valence-corrected chi connectivity index (χ4v) is 6.23. The van der Waals surface area contributed by atoms with Gasteiger partial charge in [0.25, 0.3) is 0 Å². The largest absolute Gasteiger partial charge is 0.379 e. The van der Waals surface area contributed by atoms with Crippen LogP contribution in [-0.2, 0) is 26.0 Å². The van der Waals surface area contributed by atoms with Crippen LogP contribution < -0.4 is 10.6 Å². The van der Waals surface area contributed by atoms with Crippen molar-refractivity contribution in [3.05, 3.63) is 29.8 Å². The Hall–Kier alpha value is -1.72. The first kappa shape index (κ1) is 25.9. The van der Waals surface area contributed by atoms with Crippen molar-refractivity contribution < 1.29 is 22.7 Å². The van der Waals surface area contributed by atoms with Crippen LogP contribution in [0, 0.1) is 5.92 Å². The van der Waals surface area contributed by atoms with E-state index in [-0.39, 0.29) is 23.5 Å². The van der Waals surface area contributed by atoms with E-state index in [2.05, 4.69) is 29.4 Å². The van der Waals surface area contributed by atoms with Gasteiger partial charge in [-0.15, -0.1) is 0 Å². The zero-order valence-corrected chi connectivity index (χ0v) is 20.6. The first-order chi connectivity index (χ1) is 16.0. The molecule has 33 heavy (non-hydrogen) atoms. The van der Waals surface area contributed by atoms with Gasteiger partial charge < -0.3 is 20.1 Å². The van der Waals surface area contributed by atoms with E-state index in [0.717, 1.165) is 39.1 Å². The molecule has 1 aromatic carbocycles. The van der Waals surface area contributed by atoms with Gasteiger partial charge in [0, 0.05) is 45.3 Å². The van der Waals surface area contributed by atoms with Crippen molar-refractivity contribution in [1.29, 1.82) is 0 Å². The molecule has 0 unspecified atom stereocenters. The molecular weight excluding hydrogens is 444 g/mol. The molecule has 2 N–H and O–H groups in total. The quantitative estimate of drug-likeness (QED) is 0.526. The zero-order valence-electron chi connectivity index (χ0n) is 19.8. The molecule has 2 aliphatic heterocycles. The van der Waals surface area contributed by atoms with Crippen LogP contribution in [0.2, 0.25) is 0 Å². The van der Waals surface area contributed by atoms with Crippen molar-refractivity contribution in [3.8, 4) is 0 Å². The molecule has 0 aliphatic carbocycles. The van der Waals surface area contributed by atoms with Gasteiger partial charge in [0.15, 0.2) is 0 Å². The summed E-state index contributed by atoms with van der Waals surface area (Å²) in [6.45, 7) is 9.70. The zero-order chi connectivity index (χ0) is 23.7. The van der Waals surface area contributed by atoms with E-state index >= 15 is 0 Å². The Morgan fingerprint density at radius 1 is 0.970 bits per heavy atom. The number of nitrogens with zero attached hydrogens (tertiary/aromatic N) is 2. The summed E-state index contributed by atoms with van der Waals surface area (Å²) in [6, 6.07) is 6.80. The normalized spacial score (nSPS) is 19.4. The molecule has 1 aromatic rings. The minimum atomic E-state index is -3.64. The van der Waals surface area contributed by atoms with Crippen LogP contribution in [0.5, 0.6) is 0 Å². The van der Waals surface area contributed by atoms with Gasteiger partial charge in [0.1, 0.15) is 0 Å². The molecule has 2 amide bonds. The second-order valence-corrected chi connectivity index (χ2v) is 10.4. The Labute approximate surface area is 197 Å². The molecule has 0 radical (unpaired) electrons. The highest BCUT2D eigenvalue weighted by Gasteiger charge is 2.29. The van der Waals surface area contributed by atoms with Crippen molar-refractivity contribution in [2.24, 2.45) is 5.92 Å². The third-order valence-corrected chi connectivity index (χ3v) is 8.58. The molecule has 2 aliphatic rings. The standard InChI is InChI=1S/C23H38N4O5S/c1-3-19(4-2)21(26-9-13-31-14-10-26)18-25-23(28)24-17-20-7-5-6-8-22(20)33(29,30)27-11-15-32-16-12-27/h5-8,19,21H,3-4,9-18H2,1-2H3,(H2,24,25,28)/t21-/m1/s1. The Kier molecular flexibility index (Phi) is 9.94. The number of benzene rings is 1. The summed E-state index contributed by atoms with van der Waals surface area (Å²) < 4.78 is 38.4. The Morgan fingerprint density at radius 2 is 1.58 bits per heavy atom. The van der Waals surface area contributed by atoms with Crippen LogP contribution in [0.4, 0.5) is 4.79 Å². The maximum atomic E-state index is 13.1. The third-order valence-electron chi connectivity index (χ3n) is 6.58. The van der Waals surface area contributed by atoms with E-state index in [0.29, 0.717) is 44.3 Å². The number of carbonyl (C=O) groups excluding carboxylic acids is 1. The summed E-state index contributed by atoms with van der Waals surface area (Å²) in [7, 11) is -3.64. The molecular formula is C23H38N4O5S. The van der Waals surface area contributed by atoms with Crippen molar-refractivity contribution in [1.82, 2.24) is 19.8 Å². The minimum Gasteiger partial charge on any atom is -0.379 e. The van der Waals surface area contributed by atoms with Gasteiger partial charge in [-0.2, -0.15) is 4.31 Å². The van der Waals surface area contributed by atoms with Crippen molar-refractivity contribution in [3.63, 3.8) is 0 Å². The number of nitrogens with one attached hydrogen (secondary N) is 2. The predicted molar refractivity (Wildman–Crippen MR) is 127 cm³/mol. The van der Waals surface area contributed by atoms with Gasteiger partial charge in [-0.05, 0) is 17.5 Å². The second-order valence-electron chi connectivity index (χ2n) is 8.48. The monoisotopic (exact) mass is 482 g/mol. The van der Waals surface area contributed by atoms with Gasteiger partial charge >= 0.3 is 6.03 Å². The Balaban J connectivity index is 1.60. The van der Waals surface area contributed by atoms with Crippen LogP contribution in [0.15, 0.2) is 29.2 Å². The molecule has 1 atom stereocenters. The molecule has 0 saturated carbocycles. The lowest BCUT2D eigenvalue weighted by Gasteiger charge is -2.38.